The van der Waals surface area contributed by atoms with Crippen molar-refractivity contribution in [3.63, 3.8) is 0 Å². The van der Waals surface area contributed by atoms with Gasteiger partial charge in [0.25, 0.3) is 0 Å². The van der Waals surface area contributed by atoms with E-state index >= 15 is 0 Å². The molecule has 0 bridgehead atoms. The standard InChI is InChI=1S/C18H29NO3/c1-3-4-5-6-7-8-13-21-14-15-22-18-11-9-17(10-12-18)19-16(2)20/h9-12H,3-8,13-15H2,1-2H3,(H,19,20). The molecule has 0 spiro atoms. The summed E-state index contributed by atoms with van der Waals surface area (Å²) in [6, 6.07) is 7.35. The van der Waals surface area contributed by atoms with Gasteiger partial charge in [-0.05, 0) is 30.7 Å². The minimum absolute atomic E-state index is 0.0724. The van der Waals surface area contributed by atoms with Crippen molar-refractivity contribution in [2.45, 2.75) is 52.4 Å². The molecule has 0 saturated heterocycles. The van der Waals surface area contributed by atoms with Crippen LogP contribution < -0.4 is 10.1 Å². The monoisotopic (exact) mass is 307 g/mol. The van der Waals surface area contributed by atoms with Gasteiger partial charge in [-0.25, -0.2) is 0 Å². The highest BCUT2D eigenvalue weighted by atomic mass is 16.5. The first-order valence-corrected chi connectivity index (χ1v) is 8.30. The van der Waals surface area contributed by atoms with Crippen molar-refractivity contribution in [1.82, 2.24) is 0 Å². The lowest BCUT2D eigenvalue weighted by Crippen LogP contribution is -2.08. The number of ether oxygens (including phenoxy) is 2. The number of anilines is 1. The largest absolute Gasteiger partial charge is 0.491 e. The van der Waals surface area contributed by atoms with E-state index in [1.54, 1.807) is 0 Å². The Morgan fingerprint density at radius 1 is 0.955 bits per heavy atom. The number of carbonyl (C=O) groups is 1. The molecule has 4 nitrogen and oxygen atoms in total. The molecule has 22 heavy (non-hydrogen) atoms. The Labute approximate surface area is 134 Å². The van der Waals surface area contributed by atoms with Crippen molar-refractivity contribution >= 4 is 11.6 Å². The van der Waals surface area contributed by atoms with Gasteiger partial charge in [-0.3, -0.25) is 4.79 Å². The lowest BCUT2D eigenvalue weighted by molar-refractivity contribution is -0.114. The van der Waals surface area contributed by atoms with Crippen LogP contribution in [-0.2, 0) is 9.53 Å². The zero-order valence-electron chi connectivity index (χ0n) is 13.9. The highest BCUT2D eigenvalue weighted by molar-refractivity contribution is 5.88. The van der Waals surface area contributed by atoms with Crippen LogP contribution in [-0.4, -0.2) is 25.7 Å². The maximum Gasteiger partial charge on any atom is 0.221 e. The van der Waals surface area contributed by atoms with Gasteiger partial charge in [0.15, 0.2) is 0 Å². The molecule has 1 aromatic carbocycles. The van der Waals surface area contributed by atoms with E-state index in [2.05, 4.69) is 12.2 Å². The Morgan fingerprint density at radius 3 is 2.32 bits per heavy atom. The van der Waals surface area contributed by atoms with Crippen LogP contribution in [0.3, 0.4) is 0 Å². The molecule has 0 aliphatic carbocycles. The Kier molecular flexibility index (Phi) is 10.1. The van der Waals surface area contributed by atoms with Crippen molar-refractivity contribution in [2.24, 2.45) is 0 Å². The van der Waals surface area contributed by atoms with Crippen LogP contribution in [0.2, 0.25) is 0 Å². The lowest BCUT2D eigenvalue weighted by Gasteiger charge is -2.08. The Hall–Kier alpha value is -1.55. The summed E-state index contributed by atoms with van der Waals surface area (Å²) in [5, 5.41) is 2.72. The van der Waals surface area contributed by atoms with Gasteiger partial charge in [-0.2, -0.15) is 0 Å². The van der Waals surface area contributed by atoms with Gasteiger partial charge in [0.05, 0.1) is 6.61 Å². The second kappa shape index (κ2) is 12.0. The molecule has 1 amide bonds. The summed E-state index contributed by atoms with van der Waals surface area (Å²) < 4.78 is 11.1. The quantitative estimate of drug-likeness (QED) is 0.582. The molecule has 0 saturated carbocycles. The minimum Gasteiger partial charge on any atom is -0.491 e. The first-order chi connectivity index (χ1) is 10.7. The molecule has 0 aliphatic rings. The summed E-state index contributed by atoms with van der Waals surface area (Å²) in [5.74, 6) is 0.717. The van der Waals surface area contributed by atoms with Crippen LogP contribution >= 0.6 is 0 Å². The van der Waals surface area contributed by atoms with Crippen molar-refractivity contribution < 1.29 is 14.3 Å². The van der Waals surface area contributed by atoms with Crippen LogP contribution in [0, 0.1) is 0 Å². The van der Waals surface area contributed by atoms with Gasteiger partial charge < -0.3 is 14.8 Å². The summed E-state index contributed by atoms with van der Waals surface area (Å²) >= 11 is 0. The number of carbonyl (C=O) groups excluding carboxylic acids is 1. The average molecular weight is 307 g/mol. The summed E-state index contributed by atoms with van der Waals surface area (Å²) in [6.07, 6.45) is 7.68. The smallest absolute Gasteiger partial charge is 0.221 e. The van der Waals surface area contributed by atoms with E-state index in [0.717, 1.165) is 24.5 Å². The Morgan fingerprint density at radius 2 is 1.64 bits per heavy atom. The predicted octanol–water partition coefficient (Wildman–Crippen LogP) is 4.40. The fourth-order valence-corrected chi connectivity index (χ4v) is 2.14. The number of nitrogens with one attached hydrogen (secondary N) is 1. The summed E-state index contributed by atoms with van der Waals surface area (Å²) in [4.78, 5) is 10.9. The van der Waals surface area contributed by atoms with Crippen LogP contribution in [0.1, 0.15) is 52.4 Å². The highest BCUT2D eigenvalue weighted by Gasteiger charge is 1.97. The second-order valence-corrected chi connectivity index (χ2v) is 5.43. The third-order valence-corrected chi connectivity index (χ3v) is 3.31. The molecule has 0 radical (unpaired) electrons. The van der Waals surface area contributed by atoms with E-state index in [1.165, 1.54) is 39.0 Å². The third-order valence-electron chi connectivity index (χ3n) is 3.31. The van der Waals surface area contributed by atoms with Crippen LogP contribution in [0.4, 0.5) is 5.69 Å². The minimum atomic E-state index is -0.0724. The van der Waals surface area contributed by atoms with Gasteiger partial charge >= 0.3 is 0 Å². The first kappa shape index (κ1) is 18.5. The Bertz CT molecular complexity index is 403. The molecule has 0 atom stereocenters. The van der Waals surface area contributed by atoms with E-state index in [4.69, 9.17) is 9.47 Å². The Balaban J connectivity index is 1.99. The first-order valence-electron chi connectivity index (χ1n) is 8.30. The van der Waals surface area contributed by atoms with Crippen molar-refractivity contribution in [3.05, 3.63) is 24.3 Å². The maximum atomic E-state index is 10.9. The van der Waals surface area contributed by atoms with Gasteiger partial charge in [0.1, 0.15) is 12.4 Å². The van der Waals surface area contributed by atoms with E-state index in [0.29, 0.717) is 13.2 Å². The molecule has 1 aromatic rings. The third kappa shape index (κ3) is 9.40. The summed E-state index contributed by atoms with van der Waals surface area (Å²) in [5.41, 5.74) is 0.777. The van der Waals surface area contributed by atoms with E-state index in [9.17, 15) is 4.79 Å². The zero-order valence-corrected chi connectivity index (χ0v) is 13.9. The van der Waals surface area contributed by atoms with E-state index in [-0.39, 0.29) is 5.91 Å². The molecule has 1 N–H and O–H groups in total. The van der Waals surface area contributed by atoms with Crippen molar-refractivity contribution in [2.75, 3.05) is 25.1 Å². The zero-order chi connectivity index (χ0) is 16.0. The van der Waals surface area contributed by atoms with Crippen LogP contribution in [0.5, 0.6) is 5.75 Å². The number of unbranched alkanes of at least 4 members (excludes halogenated alkanes) is 5. The molecule has 0 unspecified atom stereocenters. The second-order valence-electron chi connectivity index (χ2n) is 5.43. The molecular formula is C18H29NO3. The molecule has 0 heterocycles. The van der Waals surface area contributed by atoms with Gasteiger partial charge in [0, 0.05) is 19.2 Å². The van der Waals surface area contributed by atoms with E-state index in [1.807, 2.05) is 24.3 Å². The van der Waals surface area contributed by atoms with Crippen LogP contribution in [0.15, 0.2) is 24.3 Å². The lowest BCUT2D eigenvalue weighted by atomic mass is 10.1. The van der Waals surface area contributed by atoms with Gasteiger partial charge in [-0.1, -0.05) is 39.0 Å². The SMILES string of the molecule is CCCCCCCCOCCOc1ccc(NC(C)=O)cc1. The predicted molar refractivity (Wildman–Crippen MR) is 90.4 cm³/mol. The average Bonchev–Trinajstić information content (AvgIpc) is 2.50. The number of hydrogen-bond acceptors (Lipinski definition) is 3. The van der Waals surface area contributed by atoms with Crippen molar-refractivity contribution in [1.29, 1.82) is 0 Å². The maximum absolute atomic E-state index is 10.9. The van der Waals surface area contributed by atoms with Crippen LogP contribution in [0.25, 0.3) is 0 Å². The summed E-state index contributed by atoms with van der Waals surface area (Å²) in [6.45, 7) is 5.71. The molecule has 0 fully saturated rings. The fourth-order valence-electron chi connectivity index (χ4n) is 2.14. The number of amides is 1. The topological polar surface area (TPSA) is 47.6 Å². The fraction of sp³-hybridized carbons (Fsp3) is 0.611. The van der Waals surface area contributed by atoms with Gasteiger partial charge in [-0.15, -0.1) is 0 Å². The molecule has 124 valence electrons. The molecule has 1 rings (SSSR count). The number of hydrogen-bond donors (Lipinski definition) is 1. The van der Waals surface area contributed by atoms with E-state index < -0.39 is 0 Å². The summed E-state index contributed by atoms with van der Waals surface area (Å²) in [7, 11) is 0. The normalized spacial score (nSPS) is 10.5. The van der Waals surface area contributed by atoms with Gasteiger partial charge in [0.2, 0.25) is 5.91 Å². The molecule has 4 heteroatoms. The molecule has 0 aromatic heterocycles. The number of benzene rings is 1. The molecular weight excluding hydrogens is 278 g/mol. The highest BCUT2D eigenvalue weighted by Crippen LogP contribution is 2.15. The number of rotatable bonds is 12. The molecule has 0 aliphatic heterocycles. The van der Waals surface area contributed by atoms with Crippen molar-refractivity contribution in [3.8, 4) is 5.75 Å².